The number of hydrogen-bond acceptors (Lipinski definition) is 4. The highest BCUT2D eigenvalue weighted by atomic mass is 16.4. The van der Waals surface area contributed by atoms with E-state index in [1.807, 2.05) is 60.7 Å². The van der Waals surface area contributed by atoms with Crippen LogP contribution in [0.3, 0.4) is 0 Å². The Bertz CT molecular complexity index is 598. The molecule has 0 radical (unpaired) electrons. The maximum absolute atomic E-state index is 11.6. The molecule has 24 heavy (non-hydrogen) atoms. The van der Waals surface area contributed by atoms with Crippen molar-refractivity contribution in [2.24, 2.45) is 5.16 Å². The summed E-state index contributed by atoms with van der Waals surface area (Å²) in [7, 11) is 0. The van der Waals surface area contributed by atoms with Crippen LogP contribution in [0.4, 0.5) is 0 Å². The third-order valence-corrected chi connectivity index (χ3v) is 4.48. The van der Waals surface area contributed by atoms with Gasteiger partial charge in [0.15, 0.2) is 5.60 Å². The van der Waals surface area contributed by atoms with E-state index in [1.54, 1.807) is 0 Å². The van der Waals surface area contributed by atoms with E-state index in [9.17, 15) is 10.3 Å². The fourth-order valence-electron chi connectivity index (χ4n) is 2.97. The fourth-order valence-corrected chi connectivity index (χ4v) is 2.97. The summed E-state index contributed by atoms with van der Waals surface area (Å²) in [5.74, 6) is 0. The van der Waals surface area contributed by atoms with Crippen LogP contribution in [0.5, 0.6) is 0 Å². The molecule has 4 nitrogen and oxygen atoms in total. The molecule has 0 aromatic heterocycles. The van der Waals surface area contributed by atoms with E-state index in [1.165, 1.54) is 0 Å². The lowest BCUT2D eigenvalue weighted by Gasteiger charge is -2.31. The second kappa shape index (κ2) is 8.62. The minimum absolute atomic E-state index is 0.354. The lowest BCUT2D eigenvalue weighted by Crippen LogP contribution is -2.39. The zero-order valence-electron chi connectivity index (χ0n) is 14.4. The van der Waals surface area contributed by atoms with Crippen molar-refractivity contribution in [3.63, 3.8) is 0 Å². The Morgan fingerprint density at radius 3 is 1.75 bits per heavy atom. The second-order valence-electron chi connectivity index (χ2n) is 5.77. The monoisotopic (exact) mass is 326 g/mol. The Morgan fingerprint density at radius 1 is 0.917 bits per heavy atom. The van der Waals surface area contributed by atoms with Crippen LogP contribution < -0.4 is 0 Å². The minimum Gasteiger partial charge on any atom is -0.411 e. The van der Waals surface area contributed by atoms with Gasteiger partial charge in [0.1, 0.15) is 0 Å². The van der Waals surface area contributed by atoms with E-state index < -0.39 is 5.60 Å². The van der Waals surface area contributed by atoms with Crippen molar-refractivity contribution >= 4 is 5.71 Å². The van der Waals surface area contributed by atoms with Crippen molar-refractivity contribution in [1.82, 2.24) is 4.90 Å². The Hall–Kier alpha value is -2.17. The van der Waals surface area contributed by atoms with Crippen LogP contribution in [0.25, 0.3) is 0 Å². The summed E-state index contributed by atoms with van der Waals surface area (Å²) in [5.41, 5.74) is 0.309. The first-order valence-corrected chi connectivity index (χ1v) is 8.44. The van der Waals surface area contributed by atoms with Gasteiger partial charge in [-0.2, -0.15) is 0 Å². The van der Waals surface area contributed by atoms with Gasteiger partial charge in [0.2, 0.25) is 0 Å². The van der Waals surface area contributed by atoms with Crippen LogP contribution in [0.1, 0.15) is 31.4 Å². The van der Waals surface area contributed by atoms with Gasteiger partial charge in [-0.05, 0) is 24.2 Å². The third-order valence-electron chi connectivity index (χ3n) is 4.48. The van der Waals surface area contributed by atoms with Crippen LogP contribution in [0.15, 0.2) is 65.8 Å². The standard InChI is InChI=1S/C20H26N2O2/c1-3-22(4-2)16-15-19(21-24)20(23,17-11-7-5-8-12-17)18-13-9-6-10-14-18/h5-14,23-24H,3-4,15-16H2,1-2H3/b21-19+. The van der Waals surface area contributed by atoms with Gasteiger partial charge in [-0.1, -0.05) is 79.7 Å². The number of nitrogens with zero attached hydrogens (tertiary/aromatic N) is 2. The van der Waals surface area contributed by atoms with Gasteiger partial charge in [-0.15, -0.1) is 0 Å². The average Bonchev–Trinajstić information content (AvgIpc) is 2.66. The third kappa shape index (κ3) is 3.83. The molecule has 2 rings (SSSR count). The van der Waals surface area contributed by atoms with Gasteiger partial charge >= 0.3 is 0 Å². The first-order chi connectivity index (χ1) is 11.7. The number of oxime groups is 1. The molecule has 0 spiro atoms. The summed E-state index contributed by atoms with van der Waals surface area (Å²) >= 11 is 0. The summed E-state index contributed by atoms with van der Waals surface area (Å²) in [6.07, 6.45) is 0.485. The number of benzene rings is 2. The summed E-state index contributed by atoms with van der Waals surface area (Å²) < 4.78 is 0. The predicted molar refractivity (Wildman–Crippen MR) is 97.5 cm³/mol. The van der Waals surface area contributed by atoms with Crippen LogP contribution >= 0.6 is 0 Å². The molecule has 0 fully saturated rings. The number of rotatable bonds is 8. The molecule has 2 N–H and O–H groups in total. The van der Waals surface area contributed by atoms with Crippen molar-refractivity contribution in [3.05, 3.63) is 71.8 Å². The van der Waals surface area contributed by atoms with Gasteiger partial charge in [0.25, 0.3) is 0 Å². The molecule has 0 unspecified atom stereocenters. The zero-order chi connectivity index (χ0) is 17.4. The highest BCUT2D eigenvalue weighted by molar-refractivity contribution is 5.96. The van der Waals surface area contributed by atoms with E-state index in [4.69, 9.17) is 0 Å². The van der Waals surface area contributed by atoms with Gasteiger partial charge in [-0.3, -0.25) is 0 Å². The molecular weight excluding hydrogens is 300 g/mol. The van der Waals surface area contributed by atoms with Crippen LogP contribution in [-0.4, -0.2) is 40.6 Å². The molecule has 0 aliphatic rings. The van der Waals surface area contributed by atoms with Crippen LogP contribution in [-0.2, 0) is 5.60 Å². The number of hydrogen-bond donors (Lipinski definition) is 2. The van der Waals surface area contributed by atoms with E-state index in [0.29, 0.717) is 23.3 Å². The maximum atomic E-state index is 11.6. The Balaban J connectivity index is 2.42. The second-order valence-corrected chi connectivity index (χ2v) is 5.77. The molecular formula is C20H26N2O2. The smallest absolute Gasteiger partial charge is 0.156 e. The molecule has 2 aromatic carbocycles. The van der Waals surface area contributed by atoms with Crippen molar-refractivity contribution in [3.8, 4) is 0 Å². The Morgan fingerprint density at radius 2 is 1.38 bits per heavy atom. The highest BCUT2D eigenvalue weighted by Gasteiger charge is 2.37. The normalized spacial score (nSPS) is 12.6. The molecule has 0 saturated heterocycles. The average molecular weight is 326 g/mol. The van der Waals surface area contributed by atoms with Crippen LogP contribution in [0, 0.1) is 0 Å². The van der Waals surface area contributed by atoms with Gasteiger partial charge in [-0.25, -0.2) is 0 Å². The van der Waals surface area contributed by atoms with Gasteiger partial charge < -0.3 is 15.2 Å². The molecule has 0 aliphatic heterocycles. The largest absolute Gasteiger partial charge is 0.411 e. The summed E-state index contributed by atoms with van der Waals surface area (Å²) in [4.78, 5) is 2.24. The summed E-state index contributed by atoms with van der Waals surface area (Å²) in [6.45, 7) is 6.77. The Labute approximate surface area is 144 Å². The lowest BCUT2D eigenvalue weighted by molar-refractivity contribution is 0.145. The molecule has 0 bridgehead atoms. The molecule has 128 valence electrons. The summed E-state index contributed by atoms with van der Waals surface area (Å²) in [5, 5.41) is 24.7. The van der Waals surface area contributed by atoms with E-state index in [-0.39, 0.29) is 0 Å². The quantitative estimate of drug-likeness (QED) is 0.443. The maximum Gasteiger partial charge on any atom is 0.156 e. The first-order valence-electron chi connectivity index (χ1n) is 8.44. The topological polar surface area (TPSA) is 56.1 Å². The minimum atomic E-state index is -1.44. The van der Waals surface area contributed by atoms with Crippen LogP contribution in [0.2, 0.25) is 0 Å². The molecule has 0 amide bonds. The lowest BCUT2D eigenvalue weighted by atomic mass is 9.81. The number of aliphatic hydroxyl groups is 1. The van der Waals surface area contributed by atoms with E-state index in [2.05, 4.69) is 23.9 Å². The fraction of sp³-hybridized carbons (Fsp3) is 0.350. The first kappa shape index (κ1) is 18.2. The van der Waals surface area contributed by atoms with Crippen molar-refractivity contribution in [2.75, 3.05) is 19.6 Å². The Kier molecular flexibility index (Phi) is 6.53. The van der Waals surface area contributed by atoms with Crippen molar-refractivity contribution < 1.29 is 10.3 Å². The molecule has 4 heteroatoms. The zero-order valence-corrected chi connectivity index (χ0v) is 14.4. The molecule has 0 aliphatic carbocycles. The summed E-state index contributed by atoms with van der Waals surface area (Å²) in [6, 6.07) is 18.7. The van der Waals surface area contributed by atoms with Gasteiger partial charge in [0.05, 0.1) is 5.71 Å². The SMILES string of the molecule is CCN(CC)CC/C(=N\O)C(O)(c1ccccc1)c1ccccc1. The molecule has 0 atom stereocenters. The van der Waals surface area contributed by atoms with Crippen molar-refractivity contribution in [1.29, 1.82) is 0 Å². The van der Waals surface area contributed by atoms with Gasteiger partial charge in [0, 0.05) is 13.0 Å². The predicted octanol–water partition coefficient (Wildman–Crippen LogP) is 3.48. The molecule has 0 heterocycles. The van der Waals surface area contributed by atoms with Crippen molar-refractivity contribution in [2.45, 2.75) is 25.9 Å². The van der Waals surface area contributed by atoms with E-state index in [0.717, 1.165) is 19.6 Å². The van der Waals surface area contributed by atoms with E-state index >= 15 is 0 Å². The molecule has 0 saturated carbocycles. The molecule has 2 aromatic rings. The highest BCUT2D eigenvalue weighted by Crippen LogP contribution is 2.32.